The molecule has 2 rings (SSSR count). The van der Waals surface area contributed by atoms with Crippen molar-refractivity contribution in [1.29, 1.82) is 0 Å². The molecular formula is C17H19NO4S. The lowest BCUT2D eigenvalue weighted by Crippen LogP contribution is -2.16. The van der Waals surface area contributed by atoms with Crippen LogP contribution in [-0.4, -0.2) is 21.0 Å². The molecule has 0 aliphatic carbocycles. The van der Waals surface area contributed by atoms with Gasteiger partial charge in [-0.05, 0) is 37.6 Å². The Hall–Kier alpha value is -2.34. The second-order valence-corrected chi connectivity index (χ2v) is 6.78. The Balaban J connectivity index is 2.29. The molecule has 0 aromatic heterocycles. The molecule has 2 aromatic rings. The van der Waals surface area contributed by atoms with Crippen LogP contribution in [0.3, 0.4) is 0 Å². The van der Waals surface area contributed by atoms with Gasteiger partial charge in [-0.15, -0.1) is 0 Å². The molecule has 0 aliphatic rings. The first kappa shape index (κ1) is 17.0. The molecule has 2 aromatic carbocycles. The van der Waals surface area contributed by atoms with Crippen LogP contribution in [0.2, 0.25) is 0 Å². The SMILES string of the molecule is CCCOC(=O)c1ccccc1NS(=O)(=O)c1ccc(C)cc1. The van der Waals surface area contributed by atoms with Gasteiger partial charge in [0.05, 0.1) is 22.8 Å². The first-order chi connectivity index (χ1) is 10.9. The first-order valence-electron chi connectivity index (χ1n) is 7.29. The average molecular weight is 333 g/mol. The molecule has 0 aliphatic heterocycles. The molecule has 0 saturated heterocycles. The van der Waals surface area contributed by atoms with Gasteiger partial charge in [-0.1, -0.05) is 36.8 Å². The number of ether oxygens (including phenoxy) is 1. The maximum atomic E-state index is 12.4. The molecule has 6 heteroatoms. The molecule has 0 spiro atoms. The number of para-hydroxylation sites is 1. The van der Waals surface area contributed by atoms with Gasteiger partial charge in [0.1, 0.15) is 0 Å². The summed E-state index contributed by atoms with van der Waals surface area (Å²) in [5.74, 6) is -0.547. The zero-order chi connectivity index (χ0) is 16.9. The number of rotatable bonds is 6. The summed E-state index contributed by atoms with van der Waals surface area (Å²) in [6.07, 6.45) is 0.697. The zero-order valence-electron chi connectivity index (χ0n) is 13.1. The summed E-state index contributed by atoms with van der Waals surface area (Å²) in [7, 11) is -3.76. The van der Waals surface area contributed by atoms with E-state index in [-0.39, 0.29) is 22.8 Å². The fourth-order valence-corrected chi connectivity index (χ4v) is 3.02. The van der Waals surface area contributed by atoms with Gasteiger partial charge in [-0.25, -0.2) is 13.2 Å². The monoisotopic (exact) mass is 333 g/mol. The minimum atomic E-state index is -3.76. The lowest BCUT2D eigenvalue weighted by Gasteiger charge is -2.12. The molecular weight excluding hydrogens is 314 g/mol. The number of hydrogen-bond acceptors (Lipinski definition) is 4. The number of aryl methyl sites for hydroxylation is 1. The quantitative estimate of drug-likeness (QED) is 0.823. The van der Waals surface area contributed by atoms with Crippen LogP contribution in [0.25, 0.3) is 0 Å². The minimum Gasteiger partial charge on any atom is -0.462 e. The second-order valence-electron chi connectivity index (χ2n) is 5.10. The van der Waals surface area contributed by atoms with Crippen LogP contribution in [-0.2, 0) is 14.8 Å². The van der Waals surface area contributed by atoms with Crippen LogP contribution in [0.5, 0.6) is 0 Å². The van der Waals surface area contributed by atoms with Gasteiger partial charge in [0.25, 0.3) is 10.0 Å². The van der Waals surface area contributed by atoms with Crippen LogP contribution in [0, 0.1) is 6.92 Å². The molecule has 0 atom stereocenters. The van der Waals surface area contributed by atoms with E-state index < -0.39 is 16.0 Å². The molecule has 1 N–H and O–H groups in total. The maximum Gasteiger partial charge on any atom is 0.340 e. The third-order valence-corrected chi connectivity index (χ3v) is 4.54. The summed E-state index contributed by atoms with van der Waals surface area (Å²) in [5.41, 5.74) is 1.36. The Bertz CT molecular complexity index is 782. The minimum absolute atomic E-state index is 0.139. The van der Waals surface area contributed by atoms with Crippen molar-refractivity contribution in [3.8, 4) is 0 Å². The molecule has 0 saturated carbocycles. The van der Waals surface area contributed by atoms with Gasteiger partial charge >= 0.3 is 5.97 Å². The molecule has 0 radical (unpaired) electrons. The Morgan fingerprint density at radius 2 is 1.74 bits per heavy atom. The van der Waals surface area contributed by atoms with Crippen LogP contribution in [0.4, 0.5) is 5.69 Å². The van der Waals surface area contributed by atoms with Crippen LogP contribution in [0.1, 0.15) is 29.3 Å². The Kier molecular flexibility index (Phi) is 5.39. The Labute approximate surface area is 136 Å². The van der Waals surface area contributed by atoms with Crippen LogP contribution >= 0.6 is 0 Å². The summed E-state index contributed by atoms with van der Waals surface area (Å²) in [5, 5.41) is 0. The fourth-order valence-electron chi connectivity index (χ4n) is 1.94. The van der Waals surface area contributed by atoms with E-state index >= 15 is 0 Å². The molecule has 0 bridgehead atoms. The number of benzene rings is 2. The molecule has 5 nitrogen and oxygen atoms in total. The summed E-state index contributed by atoms with van der Waals surface area (Å²) in [6, 6.07) is 12.9. The van der Waals surface area contributed by atoms with Crippen LogP contribution < -0.4 is 4.72 Å². The third kappa shape index (κ3) is 4.32. The van der Waals surface area contributed by atoms with Crippen molar-refractivity contribution in [2.75, 3.05) is 11.3 Å². The van der Waals surface area contributed by atoms with Crippen molar-refractivity contribution in [3.63, 3.8) is 0 Å². The first-order valence-corrected chi connectivity index (χ1v) is 8.78. The van der Waals surface area contributed by atoms with E-state index in [1.54, 1.807) is 24.3 Å². The van der Waals surface area contributed by atoms with Crippen LogP contribution in [0.15, 0.2) is 53.4 Å². The summed E-state index contributed by atoms with van der Waals surface area (Å²) in [4.78, 5) is 12.2. The summed E-state index contributed by atoms with van der Waals surface area (Å²) in [6.45, 7) is 4.06. The maximum absolute atomic E-state index is 12.4. The highest BCUT2D eigenvalue weighted by molar-refractivity contribution is 7.92. The van der Waals surface area contributed by atoms with Crippen molar-refractivity contribution in [1.82, 2.24) is 0 Å². The normalized spacial score (nSPS) is 11.0. The average Bonchev–Trinajstić information content (AvgIpc) is 2.53. The van der Waals surface area contributed by atoms with Crippen molar-refractivity contribution < 1.29 is 17.9 Å². The highest BCUT2D eigenvalue weighted by Gasteiger charge is 2.19. The molecule has 0 heterocycles. The van der Waals surface area contributed by atoms with E-state index in [0.29, 0.717) is 6.42 Å². The number of nitrogens with one attached hydrogen (secondary N) is 1. The predicted molar refractivity (Wildman–Crippen MR) is 89.0 cm³/mol. The highest BCUT2D eigenvalue weighted by atomic mass is 32.2. The van der Waals surface area contributed by atoms with Gasteiger partial charge in [0.2, 0.25) is 0 Å². The molecule has 0 amide bonds. The largest absolute Gasteiger partial charge is 0.462 e. The van der Waals surface area contributed by atoms with E-state index in [0.717, 1.165) is 5.56 Å². The van der Waals surface area contributed by atoms with Gasteiger partial charge in [-0.2, -0.15) is 0 Å². The second kappa shape index (κ2) is 7.28. The summed E-state index contributed by atoms with van der Waals surface area (Å²) < 4.78 is 32.4. The number of carbonyl (C=O) groups excluding carboxylic acids is 1. The smallest absolute Gasteiger partial charge is 0.340 e. The highest BCUT2D eigenvalue weighted by Crippen LogP contribution is 2.21. The predicted octanol–water partition coefficient (Wildman–Crippen LogP) is 3.36. The van der Waals surface area contributed by atoms with Gasteiger partial charge in [0, 0.05) is 0 Å². The van der Waals surface area contributed by atoms with E-state index in [1.165, 1.54) is 24.3 Å². The van der Waals surface area contributed by atoms with Crippen molar-refractivity contribution in [3.05, 3.63) is 59.7 Å². The van der Waals surface area contributed by atoms with E-state index in [1.807, 2.05) is 13.8 Å². The van der Waals surface area contributed by atoms with Gasteiger partial charge in [-0.3, -0.25) is 4.72 Å². The number of esters is 1. The topological polar surface area (TPSA) is 72.5 Å². The summed E-state index contributed by atoms with van der Waals surface area (Å²) >= 11 is 0. The van der Waals surface area contributed by atoms with E-state index in [4.69, 9.17) is 4.74 Å². The number of sulfonamides is 1. The molecule has 23 heavy (non-hydrogen) atoms. The molecule has 122 valence electrons. The molecule has 0 unspecified atom stereocenters. The van der Waals surface area contributed by atoms with E-state index in [2.05, 4.69) is 4.72 Å². The Morgan fingerprint density at radius 3 is 2.39 bits per heavy atom. The van der Waals surface area contributed by atoms with E-state index in [9.17, 15) is 13.2 Å². The molecule has 0 fully saturated rings. The zero-order valence-corrected chi connectivity index (χ0v) is 13.9. The van der Waals surface area contributed by atoms with Crippen molar-refractivity contribution in [2.24, 2.45) is 0 Å². The lowest BCUT2D eigenvalue weighted by molar-refractivity contribution is 0.0506. The lowest BCUT2D eigenvalue weighted by atomic mass is 10.2. The standard InChI is InChI=1S/C17H19NO4S/c1-3-12-22-17(19)15-6-4-5-7-16(15)18-23(20,21)14-10-8-13(2)9-11-14/h4-11,18H,3,12H2,1-2H3. The van der Waals surface area contributed by atoms with Gasteiger partial charge < -0.3 is 4.74 Å². The number of hydrogen-bond donors (Lipinski definition) is 1. The fraction of sp³-hybridized carbons (Fsp3) is 0.235. The Morgan fingerprint density at radius 1 is 1.09 bits per heavy atom. The van der Waals surface area contributed by atoms with Gasteiger partial charge in [0.15, 0.2) is 0 Å². The number of carbonyl (C=O) groups is 1. The van der Waals surface area contributed by atoms with Crippen molar-refractivity contribution >= 4 is 21.7 Å². The third-order valence-electron chi connectivity index (χ3n) is 3.16. The van der Waals surface area contributed by atoms with Crippen molar-refractivity contribution in [2.45, 2.75) is 25.2 Å². The number of anilines is 1.